The SMILES string of the molecule is C.CC(=O)O[C@@H](C(=O)O[C@@H](CC(=O)O)C(=O)O)[C@@H](C)C(=O)OC1=CC[C@@]2(O)[C@@H](C)N(C)CC[C@@]23c2c(C)ccc(CO)c2O[C@@H]13.O=CC(F)(F)F. The number of aliphatic carboxylic acids is 2. The fourth-order valence-corrected chi connectivity index (χ4v) is 6.61. The molecule has 18 heteroatoms. The number of carboxylic acids is 2. The Hall–Kier alpha value is -4.55. The summed E-state index contributed by atoms with van der Waals surface area (Å²) in [5, 5.41) is 40.7. The summed E-state index contributed by atoms with van der Waals surface area (Å²) in [7, 11) is 1.90. The van der Waals surface area contributed by atoms with Crippen molar-refractivity contribution in [2.45, 2.75) is 103 Å². The summed E-state index contributed by atoms with van der Waals surface area (Å²) >= 11 is 0. The first-order valence-electron chi connectivity index (χ1n) is 15.2. The number of piperidine rings is 1. The highest BCUT2D eigenvalue weighted by Crippen LogP contribution is 2.61. The van der Waals surface area contributed by atoms with E-state index in [9.17, 15) is 52.5 Å². The topological polar surface area (TPSA) is 224 Å². The number of rotatable bonds is 10. The van der Waals surface area contributed by atoms with Crippen LogP contribution in [0.15, 0.2) is 24.0 Å². The van der Waals surface area contributed by atoms with Crippen molar-refractivity contribution >= 4 is 36.1 Å². The molecule has 7 atom stereocenters. The molecular formula is C33H42F3NO14. The quantitative estimate of drug-likeness (QED) is 0.154. The van der Waals surface area contributed by atoms with Crippen LogP contribution < -0.4 is 4.74 Å². The number of likely N-dealkylation sites (N-methyl/N-ethyl adjacent to an activating group) is 1. The Labute approximate surface area is 290 Å². The molecule has 284 valence electrons. The molecule has 1 aromatic rings. The molecule has 1 aliphatic carbocycles. The van der Waals surface area contributed by atoms with E-state index in [1.165, 1.54) is 13.0 Å². The molecule has 1 fully saturated rings. The first-order valence-corrected chi connectivity index (χ1v) is 15.2. The predicted octanol–water partition coefficient (Wildman–Crippen LogP) is 2.19. The lowest BCUT2D eigenvalue weighted by Gasteiger charge is -2.58. The number of aliphatic hydroxyl groups is 2. The second kappa shape index (κ2) is 16.2. The van der Waals surface area contributed by atoms with E-state index in [0.29, 0.717) is 29.8 Å². The molecule has 3 aliphatic rings. The maximum Gasteiger partial charge on any atom is 0.446 e. The molecule has 4 rings (SSSR count). The number of aldehydes is 1. The second-order valence-corrected chi connectivity index (χ2v) is 12.3. The maximum absolute atomic E-state index is 13.5. The van der Waals surface area contributed by atoms with Gasteiger partial charge in [-0.05, 0) is 52.4 Å². The molecule has 4 N–H and O–H groups in total. The molecule has 0 bridgehead atoms. The van der Waals surface area contributed by atoms with Gasteiger partial charge in [-0.15, -0.1) is 0 Å². The van der Waals surface area contributed by atoms with Crippen LogP contribution in [0.2, 0.25) is 0 Å². The minimum atomic E-state index is -4.64. The zero-order valence-electron chi connectivity index (χ0n) is 27.7. The number of aryl methyl sites for hydroxylation is 1. The Bertz CT molecular complexity index is 1560. The summed E-state index contributed by atoms with van der Waals surface area (Å²) in [5.74, 6) is -7.87. The third-order valence-electron chi connectivity index (χ3n) is 9.20. The highest BCUT2D eigenvalue weighted by molar-refractivity contribution is 5.88. The average molecular weight is 734 g/mol. The van der Waals surface area contributed by atoms with E-state index in [1.54, 1.807) is 6.07 Å². The summed E-state index contributed by atoms with van der Waals surface area (Å²) in [6.45, 7) is 6.18. The molecule has 1 saturated heterocycles. The number of carbonyl (C=O) groups is 6. The van der Waals surface area contributed by atoms with Gasteiger partial charge in [0.2, 0.25) is 18.5 Å². The summed E-state index contributed by atoms with van der Waals surface area (Å²) < 4.78 is 53.3. The van der Waals surface area contributed by atoms with Gasteiger partial charge in [-0.1, -0.05) is 19.6 Å². The number of carbonyl (C=O) groups excluding carboxylic acids is 4. The second-order valence-electron chi connectivity index (χ2n) is 12.3. The Morgan fingerprint density at radius 1 is 1.14 bits per heavy atom. The number of halogens is 3. The molecule has 2 heterocycles. The van der Waals surface area contributed by atoms with Gasteiger partial charge in [-0.25, -0.2) is 9.59 Å². The molecule has 0 amide bonds. The van der Waals surface area contributed by atoms with Crippen LogP contribution in [-0.2, 0) is 55.0 Å². The molecular weight excluding hydrogens is 691 g/mol. The smallest absolute Gasteiger partial charge is 0.446 e. The monoisotopic (exact) mass is 733 g/mol. The van der Waals surface area contributed by atoms with Crippen molar-refractivity contribution in [3.8, 4) is 5.75 Å². The number of aliphatic hydroxyl groups excluding tert-OH is 1. The van der Waals surface area contributed by atoms with Gasteiger partial charge >= 0.3 is 36.0 Å². The largest absolute Gasteiger partial charge is 0.481 e. The fraction of sp³-hybridized carbons (Fsp3) is 0.576. The first-order chi connectivity index (χ1) is 23.1. The summed E-state index contributed by atoms with van der Waals surface area (Å²) in [6, 6.07) is 3.22. The minimum absolute atomic E-state index is 0. The van der Waals surface area contributed by atoms with E-state index in [0.717, 1.165) is 12.5 Å². The highest BCUT2D eigenvalue weighted by atomic mass is 19.4. The van der Waals surface area contributed by atoms with Crippen LogP contribution in [0.4, 0.5) is 13.2 Å². The van der Waals surface area contributed by atoms with Gasteiger partial charge in [-0.2, -0.15) is 13.2 Å². The van der Waals surface area contributed by atoms with E-state index in [4.69, 9.17) is 28.8 Å². The molecule has 51 heavy (non-hydrogen) atoms. The Balaban J connectivity index is 0.00000118. The van der Waals surface area contributed by atoms with Gasteiger partial charge in [0, 0.05) is 30.5 Å². The molecule has 1 spiro atoms. The van der Waals surface area contributed by atoms with Crippen molar-refractivity contribution in [3.05, 3.63) is 40.7 Å². The zero-order valence-corrected chi connectivity index (χ0v) is 27.7. The van der Waals surface area contributed by atoms with Crippen molar-refractivity contribution in [1.29, 1.82) is 0 Å². The van der Waals surface area contributed by atoms with Gasteiger partial charge in [0.25, 0.3) is 0 Å². The van der Waals surface area contributed by atoms with E-state index >= 15 is 0 Å². The molecule has 0 radical (unpaired) electrons. The lowest BCUT2D eigenvalue weighted by Crippen LogP contribution is -2.71. The van der Waals surface area contributed by atoms with Crippen LogP contribution in [0, 0.1) is 12.8 Å². The summed E-state index contributed by atoms with van der Waals surface area (Å²) in [6.07, 6.45) is -9.79. The summed E-state index contributed by atoms with van der Waals surface area (Å²) in [4.78, 5) is 71.4. The highest BCUT2D eigenvalue weighted by Gasteiger charge is 2.69. The lowest BCUT2D eigenvalue weighted by atomic mass is 9.54. The summed E-state index contributed by atoms with van der Waals surface area (Å²) in [5.41, 5.74) is -0.407. The van der Waals surface area contributed by atoms with Gasteiger partial charge < -0.3 is 44.3 Å². The predicted molar refractivity (Wildman–Crippen MR) is 167 cm³/mol. The number of carboxylic acid groups (broad SMARTS) is 2. The number of likely N-dealkylation sites (tertiary alicyclic amines) is 1. The molecule has 15 nitrogen and oxygen atoms in total. The van der Waals surface area contributed by atoms with Gasteiger partial charge in [-0.3, -0.25) is 19.2 Å². The van der Waals surface area contributed by atoms with Crippen molar-refractivity contribution in [3.63, 3.8) is 0 Å². The molecule has 1 aromatic carbocycles. The van der Waals surface area contributed by atoms with E-state index < -0.39 is 84.0 Å². The molecule has 0 saturated carbocycles. The molecule has 0 aromatic heterocycles. The molecule has 2 aliphatic heterocycles. The standard InChI is InChI=1S/C30H37NO13.C2HF3O.CH4/c1-14-6-7-18(13-32)24-22(14)29-10-11-31(5)16(3)30(29,40)9-8-19(25(29)44-24)42-27(38)15(2)23(41-17(4)33)28(39)43-20(26(36)37)12-21(34)35;3-2(4,5)1-6;/h6-8,15-16,20,23,25,32,40H,9-13H2,1-5H3,(H,34,35)(H,36,37);1H;1H4/t15-,16-,20+,23-,25+,29+,30-;;/m1../s1. The van der Waals surface area contributed by atoms with Crippen LogP contribution in [0.25, 0.3) is 0 Å². The van der Waals surface area contributed by atoms with Crippen molar-refractivity contribution in [2.24, 2.45) is 5.92 Å². The number of hydrogen-bond donors (Lipinski definition) is 4. The zero-order chi connectivity index (χ0) is 37.9. The number of ether oxygens (including phenoxy) is 4. The molecule has 0 unspecified atom stereocenters. The van der Waals surface area contributed by atoms with Crippen molar-refractivity contribution < 1.29 is 81.3 Å². The first kappa shape index (κ1) is 42.6. The van der Waals surface area contributed by atoms with E-state index in [-0.39, 0.29) is 32.3 Å². The van der Waals surface area contributed by atoms with Gasteiger partial charge in [0.05, 0.1) is 24.0 Å². The third kappa shape index (κ3) is 8.50. The average Bonchev–Trinajstić information content (AvgIpc) is 3.40. The van der Waals surface area contributed by atoms with Gasteiger partial charge in [0.1, 0.15) is 17.4 Å². The Kier molecular flexibility index (Phi) is 13.5. The van der Waals surface area contributed by atoms with Crippen LogP contribution in [0.5, 0.6) is 5.75 Å². The normalized spacial score (nSPS) is 25.2. The number of esters is 3. The van der Waals surface area contributed by atoms with Crippen molar-refractivity contribution in [1.82, 2.24) is 4.90 Å². The Morgan fingerprint density at radius 3 is 2.25 bits per heavy atom. The lowest BCUT2D eigenvalue weighted by molar-refractivity contribution is -0.184. The minimum Gasteiger partial charge on any atom is -0.481 e. The number of hydrogen-bond acceptors (Lipinski definition) is 13. The Morgan fingerprint density at radius 2 is 1.75 bits per heavy atom. The van der Waals surface area contributed by atoms with E-state index in [2.05, 4.69) is 0 Å². The van der Waals surface area contributed by atoms with E-state index in [1.807, 2.05) is 31.9 Å². The van der Waals surface area contributed by atoms with Crippen LogP contribution >= 0.6 is 0 Å². The number of benzene rings is 1. The number of alkyl halides is 3. The number of nitrogens with zero attached hydrogens (tertiary/aromatic N) is 1. The van der Waals surface area contributed by atoms with Crippen molar-refractivity contribution in [2.75, 3.05) is 13.6 Å². The van der Waals surface area contributed by atoms with Crippen LogP contribution in [-0.4, -0.2) is 111 Å². The fourth-order valence-electron chi connectivity index (χ4n) is 6.61. The maximum atomic E-state index is 13.5. The number of fused-ring (bicyclic) bond motifs is 1. The van der Waals surface area contributed by atoms with Gasteiger partial charge in [0.15, 0.2) is 6.10 Å². The van der Waals surface area contributed by atoms with Crippen LogP contribution in [0.3, 0.4) is 0 Å². The third-order valence-corrected chi connectivity index (χ3v) is 9.20. The van der Waals surface area contributed by atoms with Crippen LogP contribution in [0.1, 0.15) is 64.2 Å².